The lowest BCUT2D eigenvalue weighted by Gasteiger charge is -2.16. The van der Waals surface area contributed by atoms with E-state index in [0.717, 1.165) is 46.3 Å². The van der Waals surface area contributed by atoms with Crippen molar-refractivity contribution in [2.24, 2.45) is 0 Å². The molecule has 0 bridgehead atoms. The zero-order valence-electron chi connectivity index (χ0n) is 13.9. The van der Waals surface area contributed by atoms with Gasteiger partial charge in [0.1, 0.15) is 12.0 Å². The molecule has 26 heavy (non-hydrogen) atoms. The molecule has 126 valence electrons. The molecule has 5 rings (SSSR count). The maximum Gasteiger partial charge on any atom is 0.133 e. The number of aryl methyl sites for hydroxylation is 1. The van der Waals surface area contributed by atoms with E-state index in [0.29, 0.717) is 0 Å². The number of anilines is 1. The molecule has 0 aliphatic heterocycles. The Hall–Kier alpha value is -3.59. The number of hydrogen-bond acceptors (Lipinski definition) is 5. The summed E-state index contributed by atoms with van der Waals surface area (Å²) in [5.74, 6) is 0. The van der Waals surface area contributed by atoms with E-state index in [1.165, 1.54) is 11.1 Å². The summed E-state index contributed by atoms with van der Waals surface area (Å²) in [6.45, 7) is 0. The lowest BCUT2D eigenvalue weighted by molar-refractivity contribution is 0.420. The van der Waals surface area contributed by atoms with Gasteiger partial charge in [-0.25, -0.2) is 0 Å². The van der Waals surface area contributed by atoms with Crippen molar-refractivity contribution in [1.29, 1.82) is 5.26 Å². The molecule has 0 saturated heterocycles. The monoisotopic (exact) mass is 341 g/mol. The molecule has 0 amide bonds. The Morgan fingerprint density at radius 2 is 2.19 bits per heavy atom. The normalized spacial score (nSPS) is 15.7. The fourth-order valence-corrected chi connectivity index (χ4v) is 3.68. The molecule has 0 saturated carbocycles. The number of nitrogens with zero attached hydrogens (tertiary/aromatic N) is 3. The SMILES string of the molecule is N#Cc1ccc2c(c1)CC[C@@H]2Nc1ccc2[nH]nc(-c3cnoc3)c2c1. The smallest absolute Gasteiger partial charge is 0.133 e. The van der Waals surface area contributed by atoms with Crippen LogP contribution in [0.15, 0.2) is 53.4 Å². The summed E-state index contributed by atoms with van der Waals surface area (Å²) in [7, 11) is 0. The topological polar surface area (TPSA) is 90.5 Å². The van der Waals surface area contributed by atoms with Crippen molar-refractivity contribution in [2.75, 3.05) is 5.32 Å². The van der Waals surface area contributed by atoms with Crippen molar-refractivity contribution >= 4 is 16.6 Å². The predicted molar refractivity (Wildman–Crippen MR) is 97.4 cm³/mol. The second-order valence-electron chi connectivity index (χ2n) is 6.51. The number of nitrogens with one attached hydrogen (secondary N) is 2. The van der Waals surface area contributed by atoms with Crippen LogP contribution in [0.2, 0.25) is 0 Å². The summed E-state index contributed by atoms with van der Waals surface area (Å²) < 4.78 is 4.94. The molecular formula is C20H15N5O. The van der Waals surface area contributed by atoms with E-state index in [2.05, 4.69) is 44.9 Å². The number of H-pyrrole nitrogens is 1. The first kappa shape index (κ1) is 14.7. The summed E-state index contributed by atoms with van der Waals surface area (Å²) >= 11 is 0. The van der Waals surface area contributed by atoms with Gasteiger partial charge in [-0.15, -0.1) is 0 Å². The molecule has 2 aromatic heterocycles. The average Bonchev–Trinajstić information content (AvgIpc) is 3.40. The van der Waals surface area contributed by atoms with Crippen LogP contribution < -0.4 is 5.32 Å². The standard InChI is InChI=1S/C20H15N5O/c21-9-12-1-4-16-13(7-12)2-5-18(16)23-15-3-6-19-17(8-15)20(25-24-19)14-10-22-26-11-14/h1,3-4,6-8,10-11,18,23H,2,5H2,(H,24,25)/t18-/m0/s1. The fraction of sp³-hybridized carbons (Fsp3) is 0.150. The minimum absolute atomic E-state index is 0.251. The Kier molecular flexibility index (Phi) is 3.25. The maximum absolute atomic E-state index is 9.07. The van der Waals surface area contributed by atoms with E-state index in [1.807, 2.05) is 18.2 Å². The van der Waals surface area contributed by atoms with Crippen LogP contribution in [0.1, 0.15) is 29.2 Å². The van der Waals surface area contributed by atoms with E-state index >= 15 is 0 Å². The summed E-state index contributed by atoms with van der Waals surface area (Å²) in [4.78, 5) is 0. The second kappa shape index (κ2) is 5.74. The van der Waals surface area contributed by atoms with E-state index < -0.39 is 0 Å². The minimum Gasteiger partial charge on any atom is -0.378 e. The third kappa shape index (κ3) is 2.33. The van der Waals surface area contributed by atoms with Gasteiger partial charge in [0.2, 0.25) is 0 Å². The zero-order valence-corrected chi connectivity index (χ0v) is 13.9. The fourth-order valence-electron chi connectivity index (χ4n) is 3.68. The number of aromatic nitrogens is 3. The molecule has 2 N–H and O–H groups in total. The Labute approximate surface area is 149 Å². The molecular weight excluding hydrogens is 326 g/mol. The molecule has 1 aliphatic rings. The van der Waals surface area contributed by atoms with Gasteiger partial charge in [0, 0.05) is 11.1 Å². The molecule has 0 radical (unpaired) electrons. The predicted octanol–water partition coefficient (Wildman–Crippen LogP) is 4.19. The number of nitriles is 1. The highest BCUT2D eigenvalue weighted by atomic mass is 16.5. The second-order valence-corrected chi connectivity index (χ2v) is 6.51. The summed E-state index contributed by atoms with van der Waals surface area (Å²) in [6, 6.07) is 14.6. The van der Waals surface area contributed by atoms with Crippen LogP contribution in [0.5, 0.6) is 0 Å². The lowest BCUT2D eigenvalue weighted by atomic mass is 10.0. The Morgan fingerprint density at radius 1 is 1.23 bits per heavy atom. The maximum atomic E-state index is 9.07. The van der Waals surface area contributed by atoms with Gasteiger partial charge in [-0.3, -0.25) is 5.10 Å². The Morgan fingerprint density at radius 3 is 3.04 bits per heavy atom. The third-order valence-corrected chi connectivity index (χ3v) is 4.96. The van der Waals surface area contributed by atoms with Crippen molar-refractivity contribution in [1.82, 2.24) is 15.4 Å². The van der Waals surface area contributed by atoms with Gasteiger partial charge in [0.25, 0.3) is 0 Å². The summed E-state index contributed by atoms with van der Waals surface area (Å²) in [5, 5.41) is 24.9. The van der Waals surface area contributed by atoms with Gasteiger partial charge in [0.15, 0.2) is 0 Å². The van der Waals surface area contributed by atoms with Crippen LogP contribution in [-0.2, 0) is 6.42 Å². The first-order valence-corrected chi connectivity index (χ1v) is 8.49. The number of rotatable bonds is 3. The highest BCUT2D eigenvalue weighted by molar-refractivity contribution is 5.94. The van der Waals surface area contributed by atoms with E-state index in [4.69, 9.17) is 9.78 Å². The first-order chi connectivity index (χ1) is 12.8. The van der Waals surface area contributed by atoms with Crippen LogP contribution in [0.3, 0.4) is 0 Å². The lowest BCUT2D eigenvalue weighted by Crippen LogP contribution is -2.06. The molecule has 4 aromatic rings. The van der Waals surface area contributed by atoms with Crippen molar-refractivity contribution in [3.8, 4) is 17.3 Å². The number of hydrogen-bond donors (Lipinski definition) is 2. The van der Waals surface area contributed by atoms with Gasteiger partial charge in [-0.1, -0.05) is 11.2 Å². The highest BCUT2D eigenvalue weighted by Gasteiger charge is 2.23. The highest BCUT2D eigenvalue weighted by Crippen LogP contribution is 2.35. The molecule has 1 atom stereocenters. The molecule has 0 unspecified atom stereocenters. The number of aromatic amines is 1. The van der Waals surface area contributed by atoms with Crippen LogP contribution in [-0.4, -0.2) is 15.4 Å². The van der Waals surface area contributed by atoms with Gasteiger partial charge in [-0.2, -0.15) is 10.4 Å². The van der Waals surface area contributed by atoms with Gasteiger partial charge in [0.05, 0.1) is 35.0 Å². The molecule has 6 nitrogen and oxygen atoms in total. The molecule has 2 heterocycles. The first-order valence-electron chi connectivity index (χ1n) is 8.49. The van der Waals surface area contributed by atoms with Gasteiger partial charge < -0.3 is 9.84 Å². The third-order valence-electron chi connectivity index (χ3n) is 4.96. The summed E-state index contributed by atoms with van der Waals surface area (Å²) in [5.41, 5.74) is 6.95. The van der Waals surface area contributed by atoms with E-state index in [-0.39, 0.29) is 6.04 Å². The van der Waals surface area contributed by atoms with Crippen LogP contribution in [0, 0.1) is 11.3 Å². The summed E-state index contributed by atoms with van der Waals surface area (Å²) in [6.07, 6.45) is 5.26. The average molecular weight is 341 g/mol. The molecule has 2 aromatic carbocycles. The molecule has 0 fully saturated rings. The van der Waals surface area contributed by atoms with Crippen molar-refractivity contribution in [2.45, 2.75) is 18.9 Å². The zero-order chi connectivity index (χ0) is 17.5. The van der Waals surface area contributed by atoms with Crippen LogP contribution in [0.4, 0.5) is 5.69 Å². The largest absolute Gasteiger partial charge is 0.378 e. The van der Waals surface area contributed by atoms with Crippen molar-refractivity contribution in [3.05, 3.63) is 65.5 Å². The molecule has 1 aliphatic carbocycles. The Balaban J connectivity index is 1.48. The van der Waals surface area contributed by atoms with Crippen molar-refractivity contribution in [3.63, 3.8) is 0 Å². The van der Waals surface area contributed by atoms with Gasteiger partial charge >= 0.3 is 0 Å². The van der Waals surface area contributed by atoms with Crippen LogP contribution >= 0.6 is 0 Å². The van der Waals surface area contributed by atoms with E-state index in [9.17, 15) is 0 Å². The van der Waals surface area contributed by atoms with Gasteiger partial charge in [-0.05, 0) is 54.3 Å². The Bertz CT molecular complexity index is 1140. The quantitative estimate of drug-likeness (QED) is 0.583. The van der Waals surface area contributed by atoms with E-state index in [1.54, 1.807) is 12.5 Å². The number of fused-ring (bicyclic) bond motifs is 2. The van der Waals surface area contributed by atoms with Crippen LogP contribution in [0.25, 0.3) is 22.2 Å². The molecule has 6 heteroatoms. The molecule has 0 spiro atoms. The number of benzene rings is 2. The minimum atomic E-state index is 0.251. The van der Waals surface area contributed by atoms with Crippen molar-refractivity contribution < 1.29 is 4.52 Å².